The molecular weight excluding hydrogens is 364 g/mol. The number of nitrogens with one attached hydrogen (secondary N) is 1. The van der Waals surface area contributed by atoms with Crippen LogP contribution in [0.25, 0.3) is 0 Å². The minimum atomic E-state index is -0.0288. The normalized spacial score (nSPS) is 20.7. The number of hydrogen-bond donors (Lipinski definition) is 1. The number of ether oxygens (including phenoxy) is 1. The van der Waals surface area contributed by atoms with Crippen LogP contribution in [0.4, 0.5) is 0 Å². The highest BCUT2D eigenvalue weighted by Gasteiger charge is 2.26. The van der Waals surface area contributed by atoms with Crippen molar-refractivity contribution >= 4 is 5.91 Å². The van der Waals surface area contributed by atoms with Crippen LogP contribution in [0.1, 0.15) is 59.0 Å². The van der Waals surface area contributed by atoms with Crippen molar-refractivity contribution in [3.05, 3.63) is 59.2 Å². The smallest absolute Gasteiger partial charge is 0.253 e. The van der Waals surface area contributed by atoms with Gasteiger partial charge in [-0.2, -0.15) is 0 Å². The van der Waals surface area contributed by atoms with Crippen LogP contribution in [0.15, 0.2) is 36.5 Å². The maximum absolute atomic E-state index is 12.9. The van der Waals surface area contributed by atoms with Gasteiger partial charge in [-0.1, -0.05) is 6.07 Å². The Kier molecular flexibility index (Phi) is 6.52. The van der Waals surface area contributed by atoms with Crippen LogP contribution in [0.3, 0.4) is 0 Å². The van der Waals surface area contributed by atoms with E-state index in [0.717, 1.165) is 74.6 Å². The van der Waals surface area contributed by atoms with E-state index >= 15 is 0 Å². The van der Waals surface area contributed by atoms with Crippen molar-refractivity contribution in [2.45, 2.75) is 51.2 Å². The second-order valence-electron chi connectivity index (χ2n) is 8.10. The van der Waals surface area contributed by atoms with Crippen LogP contribution in [-0.4, -0.2) is 53.1 Å². The summed E-state index contributed by atoms with van der Waals surface area (Å²) >= 11 is 0. The van der Waals surface area contributed by atoms with Crippen molar-refractivity contribution in [3.8, 4) is 0 Å². The number of hydrogen-bond acceptors (Lipinski definition) is 5. The molecule has 0 saturated carbocycles. The molecule has 2 aliphatic rings. The highest BCUT2D eigenvalue weighted by molar-refractivity contribution is 5.95. The largest absolute Gasteiger partial charge is 0.376 e. The van der Waals surface area contributed by atoms with Crippen LogP contribution < -0.4 is 5.32 Å². The number of nitrogens with zero attached hydrogens (tertiary/aromatic N) is 3. The van der Waals surface area contributed by atoms with E-state index in [1.54, 1.807) is 0 Å². The Bertz CT molecular complexity index is 813. The number of likely N-dealkylation sites (tertiary alicyclic amines) is 1. The second kappa shape index (κ2) is 9.46. The zero-order chi connectivity index (χ0) is 20.1. The molecular formula is C23H30N4O2. The number of amides is 1. The fourth-order valence-corrected chi connectivity index (χ4v) is 4.27. The summed E-state index contributed by atoms with van der Waals surface area (Å²) in [5, 5.41) is 3.06. The van der Waals surface area contributed by atoms with Gasteiger partial charge >= 0.3 is 0 Å². The summed E-state index contributed by atoms with van der Waals surface area (Å²) in [7, 11) is 0. The average Bonchev–Trinajstić information content (AvgIpc) is 3.27. The van der Waals surface area contributed by atoms with Gasteiger partial charge in [-0.3, -0.25) is 19.7 Å². The van der Waals surface area contributed by atoms with Gasteiger partial charge in [0.2, 0.25) is 0 Å². The summed E-state index contributed by atoms with van der Waals surface area (Å²) in [6.07, 6.45) is 6.11. The SMILES string of the molecule is Cc1ccc(C(=O)NC[C@@H]2CCCO2)c(C2CCN(Cc3ccccn3)CC2)n1. The lowest BCUT2D eigenvalue weighted by atomic mass is 9.89. The summed E-state index contributed by atoms with van der Waals surface area (Å²) < 4.78 is 5.62. The maximum atomic E-state index is 12.9. The Balaban J connectivity index is 1.39. The molecule has 6 nitrogen and oxygen atoms in total. The van der Waals surface area contributed by atoms with Crippen LogP contribution in [0, 0.1) is 6.92 Å². The standard InChI is InChI=1S/C23H30N4O2/c1-17-7-8-21(23(28)25-15-20-6-4-14-29-20)22(26-17)18-9-12-27(13-10-18)16-19-5-2-3-11-24-19/h2-3,5,7-8,11,18,20H,4,6,9-10,12-16H2,1H3,(H,25,28)/t20-/m0/s1. The molecule has 0 spiro atoms. The molecule has 2 aromatic rings. The molecule has 6 heteroatoms. The van der Waals surface area contributed by atoms with Gasteiger partial charge in [-0.15, -0.1) is 0 Å². The van der Waals surface area contributed by atoms with Crippen molar-refractivity contribution in [1.29, 1.82) is 0 Å². The van der Waals surface area contributed by atoms with Crippen LogP contribution in [0.5, 0.6) is 0 Å². The number of rotatable bonds is 6. The third-order valence-electron chi connectivity index (χ3n) is 5.91. The van der Waals surface area contributed by atoms with Crippen molar-refractivity contribution in [1.82, 2.24) is 20.2 Å². The van der Waals surface area contributed by atoms with E-state index in [4.69, 9.17) is 9.72 Å². The summed E-state index contributed by atoms with van der Waals surface area (Å²) in [5.74, 6) is 0.289. The van der Waals surface area contributed by atoms with E-state index in [0.29, 0.717) is 12.5 Å². The minimum Gasteiger partial charge on any atom is -0.376 e. The second-order valence-corrected chi connectivity index (χ2v) is 8.10. The lowest BCUT2D eigenvalue weighted by molar-refractivity contribution is 0.0855. The number of carbonyl (C=O) groups is 1. The maximum Gasteiger partial charge on any atom is 0.253 e. The number of pyridine rings is 2. The van der Waals surface area contributed by atoms with Gasteiger partial charge in [0, 0.05) is 37.5 Å². The summed E-state index contributed by atoms with van der Waals surface area (Å²) in [4.78, 5) is 24.5. The Morgan fingerprint density at radius 3 is 2.79 bits per heavy atom. The molecule has 4 rings (SSSR count). The first-order valence-corrected chi connectivity index (χ1v) is 10.7. The monoisotopic (exact) mass is 394 g/mol. The number of carbonyl (C=O) groups excluding carboxylic acids is 1. The number of piperidine rings is 1. The first kappa shape index (κ1) is 20.0. The van der Waals surface area contributed by atoms with Crippen molar-refractivity contribution in [2.24, 2.45) is 0 Å². The van der Waals surface area contributed by atoms with Crippen LogP contribution >= 0.6 is 0 Å². The first-order chi connectivity index (χ1) is 14.2. The highest BCUT2D eigenvalue weighted by Crippen LogP contribution is 2.30. The average molecular weight is 395 g/mol. The Labute approximate surface area is 172 Å². The molecule has 0 aromatic carbocycles. The highest BCUT2D eigenvalue weighted by atomic mass is 16.5. The van der Waals surface area contributed by atoms with Gasteiger partial charge < -0.3 is 10.1 Å². The molecule has 2 aromatic heterocycles. The molecule has 1 atom stereocenters. The molecule has 1 amide bonds. The molecule has 29 heavy (non-hydrogen) atoms. The van der Waals surface area contributed by atoms with Gasteiger partial charge in [0.05, 0.1) is 23.1 Å². The Hall–Kier alpha value is -2.31. The van der Waals surface area contributed by atoms with Crippen LogP contribution in [0.2, 0.25) is 0 Å². The molecule has 0 bridgehead atoms. The fourth-order valence-electron chi connectivity index (χ4n) is 4.27. The first-order valence-electron chi connectivity index (χ1n) is 10.7. The number of aromatic nitrogens is 2. The van der Waals surface area contributed by atoms with Gasteiger partial charge in [-0.25, -0.2) is 0 Å². The Morgan fingerprint density at radius 2 is 2.07 bits per heavy atom. The van der Waals surface area contributed by atoms with Crippen LogP contribution in [-0.2, 0) is 11.3 Å². The predicted molar refractivity (Wildman–Crippen MR) is 112 cm³/mol. The quantitative estimate of drug-likeness (QED) is 0.816. The van der Waals surface area contributed by atoms with Gasteiger partial charge in [0.1, 0.15) is 0 Å². The van der Waals surface area contributed by atoms with E-state index in [-0.39, 0.29) is 12.0 Å². The molecule has 1 N–H and O–H groups in total. The zero-order valence-electron chi connectivity index (χ0n) is 17.1. The van der Waals surface area contributed by atoms with Gasteiger partial charge in [-0.05, 0) is 70.0 Å². The zero-order valence-corrected chi connectivity index (χ0v) is 17.1. The molecule has 0 unspecified atom stereocenters. The lowest BCUT2D eigenvalue weighted by Crippen LogP contribution is -2.35. The van der Waals surface area contributed by atoms with Crippen molar-refractivity contribution in [3.63, 3.8) is 0 Å². The van der Waals surface area contributed by atoms with E-state index in [1.165, 1.54) is 0 Å². The minimum absolute atomic E-state index is 0.0288. The molecule has 0 aliphatic carbocycles. The molecule has 154 valence electrons. The molecule has 4 heterocycles. The third kappa shape index (κ3) is 5.19. The van der Waals surface area contributed by atoms with Gasteiger partial charge in [0.25, 0.3) is 5.91 Å². The summed E-state index contributed by atoms with van der Waals surface area (Å²) in [6.45, 7) is 6.24. The molecule has 0 radical (unpaired) electrons. The third-order valence-corrected chi connectivity index (χ3v) is 5.91. The molecule has 2 saturated heterocycles. The van der Waals surface area contributed by atoms with E-state index in [2.05, 4.69) is 21.3 Å². The van der Waals surface area contributed by atoms with Crippen molar-refractivity contribution in [2.75, 3.05) is 26.2 Å². The number of aryl methyl sites for hydroxylation is 1. The van der Waals surface area contributed by atoms with Gasteiger partial charge in [0.15, 0.2) is 0 Å². The van der Waals surface area contributed by atoms with E-state index < -0.39 is 0 Å². The van der Waals surface area contributed by atoms with E-state index in [1.807, 2.05) is 37.4 Å². The molecule has 2 fully saturated rings. The lowest BCUT2D eigenvalue weighted by Gasteiger charge is -2.32. The van der Waals surface area contributed by atoms with Crippen molar-refractivity contribution < 1.29 is 9.53 Å². The summed E-state index contributed by atoms with van der Waals surface area (Å²) in [6, 6.07) is 9.92. The topological polar surface area (TPSA) is 67.3 Å². The predicted octanol–water partition coefficient (Wildman–Crippen LogP) is 3.07. The Morgan fingerprint density at radius 1 is 1.21 bits per heavy atom. The fraction of sp³-hybridized carbons (Fsp3) is 0.522. The summed E-state index contributed by atoms with van der Waals surface area (Å²) in [5.41, 5.74) is 3.74. The van der Waals surface area contributed by atoms with E-state index in [9.17, 15) is 4.79 Å². The molecule has 2 aliphatic heterocycles.